The van der Waals surface area contributed by atoms with Crippen LogP contribution in [0.15, 0.2) is 18.2 Å². The van der Waals surface area contributed by atoms with Gasteiger partial charge in [-0.05, 0) is 37.5 Å². The van der Waals surface area contributed by atoms with Gasteiger partial charge >= 0.3 is 0 Å². The molecule has 0 aliphatic heterocycles. The van der Waals surface area contributed by atoms with Gasteiger partial charge in [0.25, 0.3) is 0 Å². The molecule has 0 fully saturated rings. The van der Waals surface area contributed by atoms with Gasteiger partial charge in [-0.15, -0.1) is 11.6 Å². The summed E-state index contributed by atoms with van der Waals surface area (Å²) in [5.74, 6) is 0.663. The van der Waals surface area contributed by atoms with Gasteiger partial charge in [0.2, 0.25) is 5.91 Å². The molecular weight excluding hydrogens is 248 g/mol. The van der Waals surface area contributed by atoms with Crippen molar-refractivity contribution in [2.45, 2.75) is 26.2 Å². The lowest BCUT2D eigenvalue weighted by Gasteiger charge is -2.17. The van der Waals surface area contributed by atoms with Crippen LogP contribution in [-0.2, 0) is 4.79 Å². The summed E-state index contributed by atoms with van der Waals surface area (Å²) >= 11 is 5.58. The number of amides is 1. The van der Waals surface area contributed by atoms with Crippen molar-refractivity contribution in [3.63, 3.8) is 0 Å². The third-order valence-electron chi connectivity index (χ3n) is 2.76. The number of aryl methyl sites for hydroxylation is 1. The first-order valence-corrected chi connectivity index (χ1v) is 6.72. The van der Waals surface area contributed by atoms with Crippen LogP contribution in [0.2, 0.25) is 0 Å². The number of anilines is 2. The second-order valence-electron chi connectivity index (χ2n) is 4.59. The quantitative estimate of drug-likeness (QED) is 0.633. The Balaban J connectivity index is 2.62. The molecule has 1 aromatic rings. The fourth-order valence-electron chi connectivity index (χ4n) is 1.77. The molecule has 0 saturated heterocycles. The number of carbonyl (C=O) groups is 1. The molecule has 1 rings (SSSR count). The highest BCUT2D eigenvalue weighted by Gasteiger charge is 2.05. The second kappa shape index (κ2) is 7.27. The monoisotopic (exact) mass is 268 g/mol. The van der Waals surface area contributed by atoms with Gasteiger partial charge in [0.05, 0.1) is 0 Å². The summed E-state index contributed by atoms with van der Waals surface area (Å²) in [6.07, 6.45) is 2.24. The number of carbonyl (C=O) groups excluding carboxylic acids is 1. The second-order valence-corrected chi connectivity index (χ2v) is 4.97. The third kappa shape index (κ3) is 4.57. The average Bonchev–Trinajstić information content (AvgIpc) is 2.31. The Morgan fingerprint density at radius 1 is 1.33 bits per heavy atom. The number of halogens is 1. The average molecular weight is 269 g/mol. The van der Waals surface area contributed by atoms with Crippen molar-refractivity contribution < 1.29 is 4.79 Å². The maximum atomic E-state index is 11.7. The van der Waals surface area contributed by atoms with E-state index in [0.717, 1.165) is 24.2 Å². The van der Waals surface area contributed by atoms with Crippen molar-refractivity contribution in [1.29, 1.82) is 0 Å². The highest BCUT2D eigenvalue weighted by Crippen LogP contribution is 2.22. The van der Waals surface area contributed by atoms with E-state index in [-0.39, 0.29) is 5.91 Å². The van der Waals surface area contributed by atoms with Crippen molar-refractivity contribution in [1.82, 2.24) is 0 Å². The van der Waals surface area contributed by atoms with Gasteiger partial charge < -0.3 is 10.2 Å². The molecule has 18 heavy (non-hydrogen) atoms. The van der Waals surface area contributed by atoms with Crippen LogP contribution in [0, 0.1) is 6.92 Å². The lowest BCUT2D eigenvalue weighted by Crippen LogP contribution is -2.14. The maximum absolute atomic E-state index is 11.7. The van der Waals surface area contributed by atoms with E-state index < -0.39 is 0 Å². The Hall–Kier alpha value is -1.22. The van der Waals surface area contributed by atoms with Crippen LogP contribution in [0.5, 0.6) is 0 Å². The minimum absolute atomic E-state index is 0.0497. The Bertz CT molecular complexity index is 405. The molecule has 0 bridgehead atoms. The molecule has 1 amide bonds. The van der Waals surface area contributed by atoms with E-state index in [1.54, 1.807) is 0 Å². The zero-order valence-corrected chi connectivity index (χ0v) is 12.0. The summed E-state index contributed by atoms with van der Waals surface area (Å²) in [4.78, 5) is 13.7. The van der Waals surface area contributed by atoms with Crippen LogP contribution >= 0.6 is 11.6 Å². The van der Waals surface area contributed by atoms with E-state index in [9.17, 15) is 4.79 Å². The molecule has 0 heterocycles. The standard InChI is InChI=1S/C14H21ClN2O/c1-11-7-8-12(10-13(11)17(2)3)16-14(18)6-4-5-9-15/h7-8,10H,4-6,9H2,1-3H3,(H,16,18). The summed E-state index contributed by atoms with van der Waals surface area (Å²) in [6.45, 7) is 2.06. The van der Waals surface area contributed by atoms with Crippen molar-refractivity contribution in [2.75, 3.05) is 30.2 Å². The van der Waals surface area contributed by atoms with Crippen LogP contribution in [-0.4, -0.2) is 25.9 Å². The first-order valence-electron chi connectivity index (χ1n) is 6.18. The number of benzene rings is 1. The van der Waals surface area contributed by atoms with E-state index in [0.29, 0.717) is 12.3 Å². The SMILES string of the molecule is Cc1ccc(NC(=O)CCCCCl)cc1N(C)C. The molecule has 0 unspecified atom stereocenters. The van der Waals surface area contributed by atoms with Gasteiger partial charge in [-0.3, -0.25) is 4.79 Å². The maximum Gasteiger partial charge on any atom is 0.224 e. The fraction of sp³-hybridized carbons (Fsp3) is 0.500. The summed E-state index contributed by atoms with van der Waals surface area (Å²) in [5.41, 5.74) is 3.16. The molecule has 100 valence electrons. The normalized spacial score (nSPS) is 10.2. The zero-order valence-electron chi connectivity index (χ0n) is 11.3. The molecule has 0 atom stereocenters. The molecule has 0 aromatic heterocycles. The molecule has 4 heteroatoms. The highest BCUT2D eigenvalue weighted by atomic mass is 35.5. The van der Waals surface area contributed by atoms with Crippen LogP contribution in [0.25, 0.3) is 0 Å². The van der Waals surface area contributed by atoms with E-state index in [1.165, 1.54) is 5.56 Å². The molecular formula is C14H21ClN2O. The number of alkyl halides is 1. The minimum Gasteiger partial charge on any atom is -0.377 e. The lowest BCUT2D eigenvalue weighted by atomic mass is 10.1. The van der Waals surface area contributed by atoms with Crippen LogP contribution in [0.3, 0.4) is 0 Å². The van der Waals surface area contributed by atoms with Crippen molar-refractivity contribution in [3.8, 4) is 0 Å². The first-order chi connectivity index (χ1) is 8.54. The van der Waals surface area contributed by atoms with Crippen LogP contribution in [0.4, 0.5) is 11.4 Å². The number of hydrogen-bond acceptors (Lipinski definition) is 2. The Morgan fingerprint density at radius 3 is 2.67 bits per heavy atom. The summed E-state index contributed by atoms with van der Waals surface area (Å²) in [6, 6.07) is 5.94. The number of rotatable bonds is 6. The van der Waals surface area contributed by atoms with Gasteiger partial charge in [0.15, 0.2) is 0 Å². The first kappa shape index (κ1) is 14.8. The Labute approximate surface area is 114 Å². The molecule has 3 nitrogen and oxygen atoms in total. The lowest BCUT2D eigenvalue weighted by molar-refractivity contribution is -0.116. The van der Waals surface area contributed by atoms with Crippen molar-refractivity contribution in [2.24, 2.45) is 0 Å². The number of hydrogen-bond donors (Lipinski definition) is 1. The van der Waals surface area contributed by atoms with Crippen molar-refractivity contribution in [3.05, 3.63) is 23.8 Å². The molecule has 1 N–H and O–H groups in total. The van der Waals surface area contributed by atoms with Gasteiger partial charge in [0.1, 0.15) is 0 Å². The number of unbranched alkanes of at least 4 members (excludes halogenated alkanes) is 1. The van der Waals surface area contributed by atoms with E-state index in [4.69, 9.17) is 11.6 Å². The van der Waals surface area contributed by atoms with Gasteiger partial charge in [0, 0.05) is 37.8 Å². The van der Waals surface area contributed by atoms with Crippen molar-refractivity contribution >= 4 is 28.9 Å². The largest absolute Gasteiger partial charge is 0.377 e. The smallest absolute Gasteiger partial charge is 0.224 e. The zero-order chi connectivity index (χ0) is 13.5. The predicted octanol–water partition coefficient (Wildman–Crippen LogP) is 3.41. The molecule has 0 radical (unpaired) electrons. The highest BCUT2D eigenvalue weighted by molar-refractivity contribution is 6.17. The predicted molar refractivity (Wildman–Crippen MR) is 78.7 cm³/mol. The minimum atomic E-state index is 0.0497. The molecule has 0 saturated carbocycles. The van der Waals surface area contributed by atoms with E-state index in [1.807, 2.05) is 37.2 Å². The summed E-state index contributed by atoms with van der Waals surface area (Å²) in [5, 5.41) is 2.91. The summed E-state index contributed by atoms with van der Waals surface area (Å²) in [7, 11) is 3.99. The van der Waals surface area contributed by atoms with Gasteiger partial charge in [-0.2, -0.15) is 0 Å². The topological polar surface area (TPSA) is 32.3 Å². The van der Waals surface area contributed by atoms with Gasteiger partial charge in [-0.1, -0.05) is 6.07 Å². The van der Waals surface area contributed by atoms with E-state index >= 15 is 0 Å². The van der Waals surface area contributed by atoms with Crippen LogP contribution < -0.4 is 10.2 Å². The molecule has 1 aromatic carbocycles. The van der Waals surface area contributed by atoms with E-state index in [2.05, 4.69) is 12.2 Å². The number of nitrogens with one attached hydrogen (secondary N) is 1. The molecule has 0 aliphatic rings. The fourth-order valence-corrected chi connectivity index (χ4v) is 1.96. The Kier molecular flexibility index (Phi) is 5.99. The number of nitrogens with zero attached hydrogens (tertiary/aromatic N) is 1. The molecule has 0 aliphatic carbocycles. The third-order valence-corrected chi connectivity index (χ3v) is 3.03. The van der Waals surface area contributed by atoms with Crippen LogP contribution in [0.1, 0.15) is 24.8 Å². The Morgan fingerprint density at radius 2 is 2.06 bits per heavy atom. The molecule has 0 spiro atoms. The van der Waals surface area contributed by atoms with Gasteiger partial charge in [-0.25, -0.2) is 0 Å². The summed E-state index contributed by atoms with van der Waals surface area (Å²) < 4.78 is 0.